The predicted octanol–water partition coefficient (Wildman–Crippen LogP) is 2.64. The zero-order valence-electron chi connectivity index (χ0n) is 12.0. The molecule has 1 aromatic heterocycles. The number of rotatable bonds is 3. The fourth-order valence-corrected chi connectivity index (χ4v) is 3.22. The molecule has 0 saturated heterocycles. The normalized spacial score (nSPS) is 11.5. The Balaban J connectivity index is 1.97. The summed E-state index contributed by atoms with van der Waals surface area (Å²) in [4.78, 5) is 0.125. The minimum atomic E-state index is -3.75. The third-order valence-corrected chi connectivity index (χ3v) is 4.70. The summed E-state index contributed by atoms with van der Waals surface area (Å²) in [6.45, 7) is 0. The summed E-state index contributed by atoms with van der Waals surface area (Å²) in [5.41, 5.74) is 7.49. The molecule has 0 unspecified atom stereocenters. The predicted molar refractivity (Wildman–Crippen MR) is 86.2 cm³/mol. The Bertz CT molecular complexity index is 935. The lowest BCUT2D eigenvalue weighted by atomic mass is 10.2. The van der Waals surface area contributed by atoms with Gasteiger partial charge in [0.25, 0.3) is 0 Å². The monoisotopic (exact) mass is 313 g/mol. The molecule has 0 spiro atoms. The van der Waals surface area contributed by atoms with Gasteiger partial charge in [0.1, 0.15) is 17.1 Å². The molecule has 2 aromatic carbocycles. The lowest BCUT2D eigenvalue weighted by molar-refractivity contribution is -0.644. The van der Waals surface area contributed by atoms with Gasteiger partial charge in [0.2, 0.25) is 5.52 Å². The molecule has 0 atom stereocenters. The number of hydrogen-bond donors (Lipinski definition) is 1. The van der Waals surface area contributed by atoms with Gasteiger partial charge in [-0.3, -0.25) is 0 Å². The van der Waals surface area contributed by atoms with Gasteiger partial charge >= 0.3 is 0 Å². The topological polar surface area (TPSA) is 78.1 Å². The maximum absolute atomic E-state index is 12.3. The number of fused-ring (bicyclic) bond motifs is 1. The maximum atomic E-state index is 12.3. The van der Waals surface area contributed by atoms with Crippen molar-refractivity contribution in [2.75, 3.05) is 5.73 Å². The van der Waals surface area contributed by atoms with E-state index in [2.05, 4.69) is 4.72 Å². The fraction of sp³-hybridized carbons (Fsp3) is 0.0625. The molecule has 22 heavy (non-hydrogen) atoms. The highest BCUT2D eigenvalue weighted by Gasteiger charge is 2.06. The van der Waals surface area contributed by atoms with Gasteiger partial charge in [-0.1, -0.05) is 12.1 Å². The quantitative estimate of drug-likeness (QED) is 0.596. The standard InChI is InChI=1S/C16H15N3O2S/c1-19-10-2-3-12-11-14(6-9-16(12)19)18-22(20,21)15-7-4-13(17)5-8-15/h2-11H,17H2,1H3. The molecule has 3 rings (SSSR count). The van der Waals surface area contributed by atoms with Gasteiger partial charge in [-0.05, 0) is 30.3 Å². The first-order valence-electron chi connectivity index (χ1n) is 6.68. The van der Waals surface area contributed by atoms with Gasteiger partial charge in [-0.15, -0.1) is 5.69 Å². The lowest BCUT2D eigenvalue weighted by Crippen LogP contribution is -2.27. The number of nitrogen functional groups attached to an aromatic ring is 1. The minimum Gasteiger partial charge on any atom is -0.573 e. The first-order valence-corrected chi connectivity index (χ1v) is 8.12. The fourth-order valence-electron chi connectivity index (χ4n) is 2.24. The minimum absolute atomic E-state index is 0.125. The van der Waals surface area contributed by atoms with E-state index in [9.17, 15) is 8.42 Å². The Morgan fingerprint density at radius 3 is 2.50 bits per heavy atom. The number of benzene rings is 2. The Kier molecular flexibility index (Phi) is 3.46. The number of anilines is 1. The van der Waals surface area contributed by atoms with Crippen molar-refractivity contribution in [2.45, 2.75) is 4.90 Å². The van der Waals surface area contributed by atoms with Gasteiger partial charge in [0.05, 0.1) is 4.90 Å². The summed E-state index contributed by atoms with van der Waals surface area (Å²) in [6.07, 6.45) is 1.93. The Hall–Kier alpha value is -2.60. The van der Waals surface area contributed by atoms with E-state index in [0.29, 0.717) is 11.4 Å². The average Bonchev–Trinajstić information content (AvgIpc) is 2.47. The summed E-state index contributed by atoms with van der Waals surface area (Å²) < 4.78 is 30.5. The SMILES string of the molecule is C[n+]1cccc2cc([N-]S(=O)(=O)c3ccc(N)cc3)ccc21. The molecule has 6 heteroatoms. The first kappa shape index (κ1) is 14.3. The van der Waals surface area contributed by atoms with Crippen molar-refractivity contribution in [3.63, 3.8) is 0 Å². The van der Waals surface area contributed by atoms with Crippen molar-refractivity contribution in [1.29, 1.82) is 0 Å². The second-order valence-corrected chi connectivity index (χ2v) is 6.60. The van der Waals surface area contributed by atoms with Crippen LogP contribution < -0.4 is 10.3 Å². The number of aryl methyl sites for hydroxylation is 1. The molecule has 0 aliphatic carbocycles. The Morgan fingerprint density at radius 1 is 1.05 bits per heavy atom. The Morgan fingerprint density at radius 2 is 1.77 bits per heavy atom. The van der Waals surface area contributed by atoms with Crippen LogP contribution >= 0.6 is 0 Å². The summed E-state index contributed by atoms with van der Waals surface area (Å²) in [6, 6.07) is 15.1. The highest BCUT2D eigenvalue weighted by Crippen LogP contribution is 2.29. The second-order valence-electron chi connectivity index (χ2n) is 5.00. The number of pyridine rings is 1. The molecule has 0 saturated carbocycles. The van der Waals surface area contributed by atoms with Crippen molar-refractivity contribution in [2.24, 2.45) is 7.05 Å². The van der Waals surface area contributed by atoms with Crippen molar-refractivity contribution in [3.05, 3.63) is 65.5 Å². The van der Waals surface area contributed by atoms with Crippen LogP contribution in [0.2, 0.25) is 0 Å². The van der Waals surface area contributed by atoms with Gasteiger partial charge < -0.3 is 10.5 Å². The maximum Gasteiger partial charge on any atom is 0.212 e. The molecule has 3 aromatic rings. The van der Waals surface area contributed by atoms with E-state index in [4.69, 9.17) is 5.73 Å². The average molecular weight is 313 g/mol. The number of nitrogens with two attached hydrogens (primary N) is 1. The van der Waals surface area contributed by atoms with Gasteiger partial charge in [-0.25, -0.2) is 13.0 Å². The molecule has 0 fully saturated rings. The van der Waals surface area contributed by atoms with Crippen LogP contribution in [0.1, 0.15) is 0 Å². The summed E-state index contributed by atoms with van der Waals surface area (Å²) in [5.74, 6) is 0. The summed E-state index contributed by atoms with van der Waals surface area (Å²) in [5, 5.41) is 0.929. The third-order valence-electron chi connectivity index (χ3n) is 3.38. The van der Waals surface area contributed by atoms with Crippen LogP contribution in [0.4, 0.5) is 11.4 Å². The third kappa shape index (κ3) is 2.73. The lowest BCUT2D eigenvalue weighted by Gasteiger charge is -2.22. The highest BCUT2D eigenvalue weighted by atomic mass is 32.2. The molecule has 2 N–H and O–H groups in total. The molecule has 112 valence electrons. The van der Waals surface area contributed by atoms with Crippen LogP contribution in [0.15, 0.2) is 65.7 Å². The van der Waals surface area contributed by atoms with Crippen molar-refractivity contribution in [3.8, 4) is 0 Å². The number of hydrogen-bond acceptors (Lipinski definition) is 3. The van der Waals surface area contributed by atoms with Gasteiger partial charge in [-0.2, -0.15) is 0 Å². The van der Waals surface area contributed by atoms with Gasteiger partial charge in [0, 0.05) is 23.2 Å². The number of sulfonamides is 1. The van der Waals surface area contributed by atoms with E-state index < -0.39 is 10.0 Å². The summed E-state index contributed by atoms with van der Waals surface area (Å²) >= 11 is 0. The first-order chi connectivity index (χ1) is 10.5. The van der Waals surface area contributed by atoms with Crippen molar-refractivity contribution in [1.82, 2.24) is 0 Å². The Labute approximate surface area is 129 Å². The summed E-state index contributed by atoms with van der Waals surface area (Å²) in [7, 11) is -1.81. The molecule has 1 heterocycles. The van der Waals surface area contributed by atoms with Crippen LogP contribution in [0.25, 0.3) is 15.6 Å². The number of nitrogens with zero attached hydrogens (tertiary/aromatic N) is 2. The van der Waals surface area contributed by atoms with E-state index in [1.54, 1.807) is 24.3 Å². The van der Waals surface area contributed by atoms with E-state index in [-0.39, 0.29) is 4.90 Å². The van der Waals surface area contributed by atoms with Gasteiger partial charge in [0.15, 0.2) is 6.20 Å². The van der Waals surface area contributed by atoms with Crippen LogP contribution in [0, 0.1) is 0 Å². The zero-order valence-corrected chi connectivity index (χ0v) is 12.8. The van der Waals surface area contributed by atoms with Crippen LogP contribution in [-0.2, 0) is 17.1 Å². The molecular formula is C16H15N3O2S. The van der Waals surface area contributed by atoms with Crippen molar-refractivity contribution < 1.29 is 13.0 Å². The largest absolute Gasteiger partial charge is 0.573 e. The molecule has 0 aliphatic heterocycles. The molecule has 0 amide bonds. The smallest absolute Gasteiger partial charge is 0.212 e. The van der Waals surface area contributed by atoms with E-state index >= 15 is 0 Å². The van der Waals surface area contributed by atoms with E-state index in [1.807, 2.05) is 36.0 Å². The van der Waals surface area contributed by atoms with Crippen LogP contribution in [0.3, 0.4) is 0 Å². The second kappa shape index (κ2) is 5.31. The molecule has 0 bridgehead atoms. The molecule has 0 radical (unpaired) electrons. The van der Waals surface area contributed by atoms with E-state index in [1.165, 1.54) is 12.1 Å². The van der Waals surface area contributed by atoms with Crippen molar-refractivity contribution >= 4 is 32.3 Å². The number of aromatic nitrogens is 1. The zero-order chi connectivity index (χ0) is 15.7. The molecule has 5 nitrogen and oxygen atoms in total. The molecule has 0 aliphatic rings. The van der Waals surface area contributed by atoms with Crippen LogP contribution in [-0.4, -0.2) is 8.42 Å². The highest BCUT2D eigenvalue weighted by molar-refractivity contribution is 7.94. The molecular weight excluding hydrogens is 298 g/mol. The van der Waals surface area contributed by atoms with Crippen LogP contribution in [0.5, 0.6) is 0 Å². The van der Waals surface area contributed by atoms with E-state index in [0.717, 1.165) is 10.9 Å².